The number of rotatable bonds is 2. The zero-order chi connectivity index (χ0) is 11.7. The molecule has 0 spiro atoms. The monoisotopic (exact) mass is 234 g/mol. The minimum atomic E-state index is -2.98. The van der Waals surface area contributed by atoms with Crippen LogP contribution in [-0.2, 0) is 12.5 Å². The molecule has 6 heteroatoms. The van der Waals surface area contributed by atoms with Gasteiger partial charge in [0.05, 0.1) is 0 Å². The number of aryl methyl sites for hydroxylation is 1. The number of alkyl halides is 4. The minimum Gasteiger partial charge on any atom is -0.263 e. The highest BCUT2D eigenvalue weighted by Crippen LogP contribution is 2.68. The Morgan fingerprint density at radius 1 is 1.50 bits per heavy atom. The summed E-state index contributed by atoms with van der Waals surface area (Å²) in [5.41, 5.74) is -0.597. The van der Waals surface area contributed by atoms with Gasteiger partial charge in [-0.2, -0.15) is 13.9 Å². The average Bonchev–Trinajstić information content (AvgIpc) is 2.85. The van der Waals surface area contributed by atoms with E-state index < -0.39 is 29.9 Å². The molecule has 2 nitrogen and oxygen atoms in total. The molecule has 88 valence electrons. The molecule has 0 saturated heterocycles. The third-order valence-electron chi connectivity index (χ3n) is 3.47. The molecule has 0 bridgehead atoms. The van der Waals surface area contributed by atoms with E-state index in [2.05, 4.69) is 5.10 Å². The molecular formula is C10H10F4N2. The molecule has 1 heterocycles. The first kappa shape index (κ1) is 10.1. The van der Waals surface area contributed by atoms with Crippen molar-refractivity contribution in [1.82, 2.24) is 9.78 Å². The summed E-state index contributed by atoms with van der Waals surface area (Å²) >= 11 is 0. The third kappa shape index (κ3) is 0.999. The van der Waals surface area contributed by atoms with Gasteiger partial charge in [0.15, 0.2) is 0 Å². The Hall–Kier alpha value is -1.07. The molecule has 16 heavy (non-hydrogen) atoms. The van der Waals surface area contributed by atoms with Gasteiger partial charge >= 0.3 is 0 Å². The second-order valence-electron chi connectivity index (χ2n) is 4.34. The van der Waals surface area contributed by atoms with Crippen molar-refractivity contribution >= 4 is 0 Å². The molecule has 0 radical (unpaired) electrons. The maximum atomic E-state index is 13.8. The Morgan fingerprint density at radius 3 is 2.75 bits per heavy atom. The largest absolute Gasteiger partial charge is 0.293 e. The standard InChI is InChI=1S/C10H10F4N2/c1-2-16-8-6(7(15-16)9(11)12)4-3-5(4)10(8,13)14/h4-5,9H,2-3H2,1H3. The Balaban J connectivity index is 2.22. The lowest BCUT2D eigenvalue weighted by Crippen LogP contribution is -2.19. The van der Waals surface area contributed by atoms with Crippen LogP contribution in [0.1, 0.15) is 42.6 Å². The fraction of sp³-hybridized carbons (Fsp3) is 0.700. The summed E-state index contributed by atoms with van der Waals surface area (Å²) in [5, 5.41) is 3.61. The molecule has 2 unspecified atom stereocenters. The van der Waals surface area contributed by atoms with E-state index >= 15 is 0 Å². The van der Waals surface area contributed by atoms with Crippen LogP contribution in [0.25, 0.3) is 0 Å². The van der Waals surface area contributed by atoms with Crippen LogP contribution in [0, 0.1) is 5.92 Å². The van der Waals surface area contributed by atoms with Gasteiger partial charge in [-0.1, -0.05) is 0 Å². The van der Waals surface area contributed by atoms with E-state index in [4.69, 9.17) is 0 Å². The van der Waals surface area contributed by atoms with E-state index in [-0.39, 0.29) is 17.8 Å². The lowest BCUT2D eigenvalue weighted by atomic mass is 10.1. The van der Waals surface area contributed by atoms with Gasteiger partial charge in [0.1, 0.15) is 11.4 Å². The topological polar surface area (TPSA) is 17.8 Å². The highest BCUT2D eigenvalue weighted by atomic mass is 19.3. The van der Waals surface area contributed by atoms with Gasteiger partial charge in [0.2, 0.25) is 0 Å². The number of nitrogens with zero attached hydrogens (tertiary/aromatic N) is 2. The quantitative estimate of drug-likeness (QED) is 0.719. The van der Waals surface area contributed by atoms with Gasteiger partial charge in [0, 0.05) is 18.0 Å². The molecule has 2 aliphatic rings. The van der Waals surface area contributed by atoms with E-state index in [1.165, 1.54) is 0 Å². The van der Waals surface area contributed by atoms with Crippen LogP contribution in [-0.4, -0.2) is 9.78 Å². The van der Waals surface area contributed by atoms with Crippen molar-refractivity contribution in [3.8, 4) is 0 Å². The molecule has 1 aromatic heterocycles. The summed E-state index contributed by atoms with van der Waals surface area (Å²) in [5.74, 6) is -4.14. The molecule has 3 rings (SSSR count). The predicted molar refractivity (Wildman–Crippen MR) is 47.6 cm³/mol. The Morgan fingerprint density at radius 2 is 2.19 bits per heavy atom. The molecule has 2 atom stereocenters. The van der Waals surface area contributed by atoms with Crippen LogP contribution in [0.3, 0.4) is 0 Å². The number of hydrogen-bond acceptors (Lipinski definition) is 1. The fourth-order valence-electron chi connectivity index (χ4n) is 2.69. The highest BCUT2D eigenvalue weighted by Gasteiger charge is 2.67. The summed E-state index contributed by atoms with van der Waals surface area (Å²) in [6, 6.07) is 0. The lowest BCUT2D eigenvalue weighted by molar-refractivity contribution is -0.0309. The molecule has 1 fully saturated rings. The summed E-state index contributed by atoms with van der Waals surface area (Å²) in [4.78, 5) is 0. The van der Waals surface area contributed by atoms with Crippen LogP contribution >= 0.6 is 0 Å². The fourth-order valence-corrected chi connectivity index (χ4v) is 2.69. The summed E-state index contributed by atoms with van der Waals surface area (Å²) in [7, 11) is 0. The van der Waals surface area contributed by atoms with Gasteiger partial charge in [0.25, 0.3) is 12.3 Å². The summed E-state index contributed by atoms with van der Waals surface area (Å²) in [6.07, 6.45) is -2.45. The van der Waals surface area contributed by atoms with Crippen LogP contribution < -0.4 is 0 Å². The van der Waals surface area contributed by atoms with Crippen molar-refractivity contribution in [3.05, 3.63) is 17.0 Å². The average molecular weight is 234 g/mol. The molecule has 0 N–H and O–H groups in total. The summed E-state index contributed by atoms with van der Waals surface area (Å²) < 4.78 is 54.0. The molecule has 2 aliphatic carbocycles. The van der Waals surface area contributed by atoms with Crippen LogP contribution in [0.2, 0.25) is 0 Å². The second kappa shape index (κ2) is 2.78. The first-order chi connectivity index (χ1) is 7.48. The maximum Gasteiger partial charge on any atom is 0.293 e. The van der Waals surface area contributed by atoms with Gasteiger partial charge in [-0.25, -0.2) is 8.78 Å². The van der Waals surface area contributed by atoms with Crippen molar-refractivity contribution in [2.24, 2.45) is 5.92 Å². The summed E-state index contributed by atoms with van der Waals surface area (Å²) in [6.45, 7) is 1.83. The van der Waals surface area contributed by atoms with Gasteiger partial charge in [-0.3, -0.25) is 4.68 Å². The normalized spacial score (nSPS) is 29.4. The number of fused-ring (bicyclic) bond motifs is 3. The SMILES string of the molecule is CCn1nc(C(F)F)c2c1C(F)(F)C1CC21. The second-order valence-corrected chi connectivity index (χ2v) is 4.34. The van der Waals surface area contributed by atoms with E-state index in [1.54, 1.807) is 6.92 Å². The first-order valence-electron chi connectivity index (χ1n) is 5.25. The van der Waals surface area contributed by atoms with Gasteiger partial charge in [-0.15, -0.1) is 0 Å². The zero-order valence-electron chi connectivity index (χ0n) is 8.55. The zero-order valence-corrected chi connectivity index (χ0v) is 8.55. The molecule has 0 aliphatic heterocycles. The van der Waals surface area contributed by atoms with Crippen LogP contribution in [0.4, 0.5) is 17.6 Å². The first-order valence-corrected chi connectivity index (χ1v) is 5.25. The molecule has 0 aromatic carbocycles. The van der Waals surface area contributed by atoms with Gasteiger partial charge < -0.3 is 0 Å². The number of hydrogen-bond donors (Lipinski definition) is 0. The predicted octanol–water partition coefficient (Wildman–Crippen LogP) is 3.05. The molecule has 1 saturated carbocycles. The molecule has 0 amide bonds. The smallest absolute Gasteiger partial charge is 0.263 e. The number of aromatic nitrogens is 2. The van der Waals surface area contributed by atoms with E-state index in [1.807, 2.05) is 0 Å². The van der Waals surface area contributed by atoms with Crippen molar-refractivity contribution in [1.29, 1.82) is 0 Å². The molecule has 1 aromatic rings. The van der Waals surface area contributed by atoms with Crippen LogP contribution in [0.15, 0.2) is 0 Å². The van der Waals surface area contributed by atoms with E-state index in [0.717, 1.165) is 4.68 Å². The van der Waals surface area contributed by atoms with E-state index in [0.29, 0.717) is 6.42 Å². The Labute approximate surface area is 89.2 Å². The van der Waals surface area contributed by atoms with E-state index in [9.17, 15) is 17.6 Å². The van der Waals surface area contributed by atoms with Crippen molar-refractivity contribution in [3.63, 3.8) is 0 Å². The van der Waals surface area contributed by atoms with Crippen LogP contribution in [0.5, 0.6) is 0 Å². The maximum absolute atomic E-state index is 13.8. The third-order valence-corrected chi connectivity index (χ3v) is 3.47. The van der Waals surface area contributed by atoms with Gasteiger partial charge in [-0.05, 0) is 19.3 Å². The molecular weight excluding hydrogens is 224 g/mol. The van der Waals surface area contributed by atoms with Crippen molar-refractivity contribution in [2.45, 2.75) is 38.2 Å². The minimum absolute atomic E-state index is 0.117. The van der Waals surface area contributed by atoms with Crippen molar-refractivity contribution < 1.29 is 17.6 Å². The van der Waals surface area contributed by atoms with Crippen molar-refractivity contribution in [2.75, 3.05) is 0 Å². The lowest BCUT2D eigenvalue weighted by Gasteiger charge is -2.14. The Bertz CT molecular complexity index is 452. The Kier molecular flexibility index (Phi) is 1.76. The highest BCUT2D eigenvalue weighted by molar-refractivity contribution is 5.46. The number of halogens is 4.